The number of aromatic nitrogens is 3. The smallest absolute Gasteiger partial charge is 0.0583 e. The molecule has 0 saturated heterocycles. The van der Waals surface area contributed by atoms with Gasteiger partial charge in [0.1, 0.15) is 0 Å². The van der Waals surface area contributed by atoms with E-state index in [0.29, 0.717) is 0 Å². The van der Waals surface area contributed by atoms with Gasteiger partial charge in [-0.15, -0.1) is 0 Å². The SMILES string of the molecule is c1ccc(N(c2ccc3c4ccccc4n(-c4ccccc4)c3c2)c2cc(N(c3ccccc3)c3ccc4c5ccccc5n(-c5ccccc5)c4c3)c3c4ccccc4n(-c4ccccc4)c3c2)cc1. The second-order valence-electron chi connectivity index (χ2n) is 18.2. The molecule has 0 N–H and O–H groups in total. The minimum atomic E-state index is 1.03. The van der Waals surface area contributed by atoms with Gasteiger partial charge in [-0.25, -0.2) is 0 Å². The Morgan fingerprint density at radius 1 is 0.211 bits per heavy atom. The highest BCUT2D eigenvalue weighted by atomic mass is 15.2. The van der Waals surface area contributed by atoms with Crippen molar-refractivity contribution >= 4 is 99.5 Å². The van der Waals surface area contributed by atoms with Gasteiger partial charge in [0.25, 0.3) is 0 Å². The van der Waals surface area contributed by atoms with Gasteiger partial charge in [-0.2, -0.15) is 0 Å². The zero-order chi connectivity index (χ0) is 46.8. The zero-order valence-corrected chi connectivity index (χ0v) is 38.7. The first-order valence-corrected chi connectivity index (χ1v) is 24.3. The molecule has 3 aromatic heterocycles. The average Bonchev–Trinajstić information content (AvgIpc) is 4.08. The van der Waals surface area contributed by atoms with Crippen LogP contribution >= 0.6 is 0 Å². The fraction of sp³-hybridized carbons (Fsp3) is 0. The standard InChI is InChI=1S/C66H45N5/c1-6-22-46(23-7-1)67(51-38-40-56-54-32-16-19-35-59(54)69(62(56)42-51)48-26-10-3-11-27-48)53-44-64(66-58-34-18-21-37-61(58)71(65(66)45-53)50-30-14-5-15-31-50)68(47-24-8-2-9-25-47)52-39-41-57-55-33-17-20-36-60(55)70(63(57)43-52)49-28-12-4-13-29-49/h1-45H. The van der Waals surface area contributed by atoms with Gasteiger partial charge in [-0.3, -0.25) is 0 Å². The van der Waals surface area contributed by atoms with Crippen molar-refractivity contribution in [2.75, 3.05) is 9.80 Å². The van der Waals surface area contributed by atoms with Gasteiger partial charge in [0.2, 0.25) is 0 Å². The van der Waals surface area contributed by atoms with E-state index in [4.69, 9.17) is 0 Å². The second-order valence-corrected chi connectivity index (χ2v) is 18.2. The summed E-state index contributed by atoms with van der Waals surface area (Å²) in [5.74, 6) is 0. The Labute approximate surface area is 411 Å². The number of benzene rings is 11. The molecule has 14 aromatic rings. The number of para-hydroxylation sites is 8. The highest BCUT2D eigenvalue weighted by Gasteiger charge is 2.26. The Kier molecular flexibility index (Phi) is 9.46. The number of hydrogen-bond donors (Lipinski definition) is 0. The highest BCUT2D eigenvalue weighted by Crippen LogP contribution is 2.49. The summed E-state index contributed by atoms with van der Waals surface area (Å²) < 4.78 is 7.25. The van der Waals surface area contributed by atoms with E-state index in [1.54, 1.807) is 0 Å². The van der Waals surface area contributed by atoms with Crippen molar-refractivity contribution in [1.82, 2.24) is 13.7 Å². The van der Waals surface area contributed by atoms with Crippen LogP contribution in [0.4, 0.5) is 34.1 Å². The molecule has 0 atom stereocenters. The Balaban J connectivity index is 1.10. The van der Waals surface area contributed by atoms with Crippen LogP contribution in [0.3, 0.4) is 0 Å². The lowest BCUT2D eigenvalue weighted by Gasteiger charge is -2.30. The Bertz CT molecular complexity index is 4270. The molecule has 5 nitrogen and oxygen atoms in total. The number of fused-ring (bicyclic) bond motifs is 9. The normalized spacial score (nSPS) is 11.7. The van der Waals surface area contributed by atoms with Crippen LogP contribution < -0.4 is 9.80 Å². The van der Waals surface area contributed by atoms with Gasteiger partial charge < -0.3 is 23.5 Å². The molecule has 0 aliphatic carbocycles. The lowest BCUT2D eigenvalue weighted by Crippen LogP contribution is -2.14. The first-order valence-electron chi connectivity index (χ1n) is 24.3. The second kappa shape index (κ2) is 16.6. The molecule has 0 bridgehead atoms. The van der Waals surface area contributed by atoms with Crippen LogP contribution in [0.2, 0.25) is 0 Å². The van der Waals surface area contributed by atoms with Crippen molar-refractivity contribution in [2.45, 2.75) is 0 Å². The topological polar surface area (TPSA) is 21.3 Å². The molecule has 334 valence electrons. The summed E-state index contributed by atoms with van der Waals surface area (Å²) in [6, 6.07) is 99.1. The molecular formula is C66H45N5. The monoisotopic (exact) mass is 907 g/mol. The summed E-state index contributed by atoms with van der Waals surface area (Å²) in [6.45, 7) is 0. The molecule has 0 unspecified atom stereocenters. The summed E-state index contributed by atoms with van der Waals surface area (Å²) in [5.41, 5.74) is 16.5. The molecular weight excluding hydrogens is 863 g/mol. The molecule has 14 rings (SSSR count). The summed E-state index contributed by atoms with van der Waals surface area (Å²) in [5, 5.41) is 7.20. The fourth-order valence-corrected chi connectivity index (χ4v) is 11.2. The van der Waals surface area contributed by atoms with Crippen LogP contribution in [0, 0.1) is 0 Å². The Hall–Kier alpha value is -9.58. The summed E-state index contributed by atoms with van der Waals surface area (Å²) in [4.78, 5) is 4.90. The Morgan fingerprint density at radius 3 is 1.03 bits per heavy atom. The van der Waals surface area contributed by atoms with E-state index in [9.17, 15) is 0 Å². The first-order chi connectivity index (χ1) is 35.3. The summed E-state index contributed by atoms with van der Waals surface area (Å²) in [7, 11) is 0. The van der Waals surface area contributed by atoms with E-state index in [2.05, 4.69) is 296 Å². The molecule has 0 saturated carbocycles. The van der Waals surface area contributed by atoms with Crippen LogP contribution in [0.1, 0.15) is 0 Å². The minimum Gasteiger partial charge on any atom is -0.310 e. The van der Waals surface area contributed by atoms with E-state index < -0.39 is 0 Å². The van der Waals surface area contributed by atoms with Crippen molar-refractivity contribution in [2.24, 2.45) is 0 Å². The maximum absolute atomic E-state index is 2.47. The van der Waals surface area contributed by atoms with Crippen molar-refractivity contribution in [3.8, 4) is 17.1 Å². The van der Waals surface area contributed by atoms with Crippen molar-refractivity contribution in [3.63, 3.8) is 0 Å². The van der Waals surface area contributed by atoms with Crippen molar-refractivity contribution in [3.05, 3.63) is 273 Å². The van der Waals surface area contributed by atoms with E-state index >= 15 is 0 Å². The van der Waals surface area contributed by atoms with Crippen LogP contribution in [-0.4, -0.2) is 13.7 Å². The third-order valence-electron chi connectivity index (χ3n) is 14.1. The molecule has 0 aliphatic heterocycles. The number of hydrogen-bond acceptors (Lipinski definition) is 2. The van der Waals surface area contributed by atoms with E-state index in [0.717, 1.165) is 78.6 Å². The quantitative estimate of drug-likeness (QED) is 0.144. The minimum absolute atomic E-state index is 1.03. The van der Waals surface area contributed by atoms with Gasteiger partial charge in [0.15, 0.2) is 0 Å². The van der Waals surface area contributed by atoms with Gasteiger partial charge in [-0.1, -0.05) is 158 Å². The molecule has 11 aromatic carbocycles. The molecule has 0 spiro atoms. The molecule has 5 heteroatoms. The van der Waals surface area contributed by atoms with Crippen molar-refractivity contribution < 1.29 is 0 Å². The van der Waals surface area contributed by atoms with Crippen LogP contribution in [0.15, 0.2) is 273 Å². The van der Waals surface area contributed by atoms with E-state index in [1.807, 2.05) is 0 Å². The zero-order valence-electron chi connectivity index (χ0n) is 38.7. The number of nitrogens with zero attached hydrogens (tertiary/aromatic N) is 5. The largest absolute Gasteiger partial charge is 0.310 e. The first kappa shape index (κ1) is 40.5. The molecule has 3 heterocycles. The fourth-order valence-electron chi connectivity index (χ4n) is 11.2. The predicted molar refractivity (Wildman–Crippen MR) is 299 cm³/mol. The van der Waals surface area contributed by atoms with Crippen LogP contribution in [-0.2, 0) is 0 Å². The van der Waals surface area contributed by atoms with Crippen molar-refractivity contribution in [1.29, 1.82) is 0 Å². The molecule has 0 fully saturated rings. The third-order valence-corrected chi connectivity index (χ3v) is 14.1. The number of rotatable bonds is 9. The Morgan fingerprint density at radius 2 is 0.549 bits per heavy atom. The summed E-state index contributed by atoms with van der Waals surface area (Å²) in [6.07, 6.45) is 0. The van der Waals surface area contributed by atoms with Gasteiger partial charge in [0, 0.05) is 72.1 Å². The molecule has 0 amide bonds. The lowest BCUT2D eigenvalue weighted by atomic mass is 10.0. The molecule has 0 aliphatic rings. The predicted octanol–water partition coefficient (Wildman–Crippen LogP) is 17.9. The maximum Gasteiger partial charge on any atom is 0.0583 e. The lowest BCUT2D eigenvalue weighted by molar-refractivity contribution is 1.17. The molecule has 0 radical (unpaired) electrons. The van der Waals surface area contributed by atoms with E-state index in [-0.39, 0.29) is 0 Å². The number of anilines is 6. The average molecular weight is 908 g/mol. The van der Waals surface area contributed by atoms with Gasteiger partial charge in [0.05, 0.1) is 44.5 Å². The van der Waals surface area contributed by atoms with Crippen LogP contribution in [0.5, 0.6) is 0 Å². The highest BCUT2D eigenvalue weighted by molar-refractivity contribution is 6.19. The maximum atomic E-state index is 2.47. The summed E-state index contributed by atoms with van der Waals surface area (Å²) >= 11 is 0. The van der Waals surface area contributed by atoms with Gasteiger partial charge >= 0.3 is 0 Å². The van der Waals surface area contributed by atoms with Crippen LogP contribution in [0.25, 0.3) is 82.5 Å². The van der Waals surface area contributed by atoms with Gasteiger partial charge in [-0.05, 0) is 115 Å². The van der Waals surface area contributed by atoms with E-state index in [1.165, 1.54) is 38.0 Å². The molecule has 71 heavy (non-hydrogen) atoms. The third kappa shape index (κ3) is 6.55.